The molecule has 0 saturated heterocycles. The van der Waals surface area contributed by atoms with Crippen LogP contribution >= 0.6 is 23.2 Å². The summed E-state index contributed by atoms with van der Waals surface area (Å²) in [4.78, 5) is 4.28. The number of aromatic nitrogens is 3. The molecule has 0 spiro atoms. The monoisotopic (exact) mass is 270 g/mol. The van der Waals surface area contributed by atoms with Gasteiger partial charge in [-0.25, -0.2) is 4.98 Å². The molecule has 1 aromatic heterocycles. The lowest BCUT2D eigenvalue weighted by Gasteiger charge is -2.03. The summed E-state index contributed by atoms with van der Waals surface area (Å²) in [6.07, 6.45) is 0.555. The molecule has 3 N–H and O–H groups in total. The number of nitrogens with two attached hydrogens (primary N) is 1. The quantitative estimate of drug-likeness (QED) is 0.901. The van der Waals surface area contributed by atoms with Crippen molar-refractivity contribution in [1.82, 2.24) is 15.2 Å². The van der Waals surface area contributed by atoms with Crippen molar-refractivity contribution in [3.8, 4) is 0 Å². The third-order valence-corrected chi connectivity index (χ3v) is 3.20. The van der Waals surface area contributed by atoms with Gasteiger partial charge < -0.3 is 5.73 Å². The van der Waals surface area contributed by atoms with Crippen molar-refractivity contribution in [3.63, 3.8) is 0 Å². The number of rotatable bonds is 3. The standard InChI is InChI=1S/C11H12Cl2N4/c1-6(14)11-15-9(16-17-11)5-7-3-2-4-8(12)10(7)13/h2-4,6H,5,14H2,1H3,(H,15,16,17). The van der Waals surface area contributed by atoms with Crippen LogP contribution in [0.4, 0.5) is 0 Å². The minimum absolute atomic E-state index is 0.185. The van der Waals surface area contributed by atoms with E-state index in [0.717, 1.165) is 11.4 Å². The van der Waals surface area contributed by atoms with Crippen LogP contribution in [0.15, 0.2) is 18.2 Å². The fraction of sp³-hybridized carbons (Fsp3) is 0.273. The van der Waals surface area contributed by atoms with E-state index in [-0.39, 0.29) is 6.04 Å². The molecule has 0 aliphatic heterocycles. The summed E-state index contributed by atoms with van der Waals surface area (Å²) in [5.74, 6) is 1.32. The van der Waals surface area contributed by atoms with Crippen molar-refractivity contribution in [2.45, 2.75) is 19.4 Å². The number of halogens is 2. The Bertz CT molecular complexity index is 522. The molecule has 0 bridgehead atoms. The van der Waals surface area contributed by atoms with Crippen molar-refractivity contribution >= 4 is 23.2 Å². The zero-order valence-corrected chi connectivity index (χ0v) is 10.8. The predicted molar refractivity (Wildman–Crippen MR) is 68.3 cm³/mol. The Morgan fingerprint density at radius 2 is 2.18 bits per heavy atom. The summed E-state index contributed by atoms with van der Waals surface area (Å²) < 4.78 is 0. The average molecular weight is 271 g/mol. The minimum atomic E-state index is -0.185. The first-order valence-corrected chi connectivity index (χ1v) is 5.93. The Balaban J connectivity index is 2.22. The van der Waals surface area contributed by atoms with Gasteiger partial charge in [0.25, 0.3) is 0 Å². The molecule has 0 aliphatic carbocycles. The Morgan fingerprint density at radius 1 is 1.41 bits per heavy atom. The molecular formula is C11H12Cl2N4. The first-order chi connectivity index (χ1) is 8.08. The van der Waals surface area contributed by atoms with Crippen LogP contribution in [0.5, 0.6) is 0 Å². The highest BCUT2D eigenvalue weighted by Gasteiger charge is 2.10. The first kappa shape index (κ1) is 12.4. The summed E-state index contributed by atoms with van der Waals surface area (Å²) in [6, 6.07) is 5.32. The second kappa shape index (κ2) is 5.04. The molecule has 6 heteroatoms. The highest BCUT2D eigenvalue weighted by Crippen LogP contribution is 2.26. The molecule has 4 nitrogen and oxygen atoms in total. The lowest BCUT2D eigenvalue weighted by Crippen LogP contribution is -2.06. The van der Waals surface area contributed by atoms with Gasteiger partial charge in [0, 0.05) is 6.42 Å². The molecule has 2 rings (SSSR count). The first-order valence-electron chi connectivity index (χ1n) is 5.17. The van der Waals surface area contributed by atoms with Gasteiger partial charge >= 0.3 is 0 Å². The molecule has 1 aromatic carbocycles. The molecule has 0 aliphatic rings. The van der Waals surface area contributed by atoms with Crippen LogP contribution in [0, 0.1) is 0 Å². The van der Waals surface area contributed by atoms with E-state index >= 15 is 0 Å². The van der Waals surface area contributed by atoms with Gasteiger partial charge in [0.15, 0.2) is 5.82 Å². The van der Waals surface area contributed by atoms with E-state index in [9.17, 15) is 0 Å². The molecule has 1 heterocycles. The van der Waals surface area contributed by atoms with E-state index in [1.165, 1.54) is 0 Å². The Kier molecular flexibility index (Phi) is 3.66. The molecule has 0 fully saturated rings. The number of benzene rings is 1. The van der Waals surface area contributed by atoms with Crippen molar-refractivity contribution in [2.75, 3.05) is 0 Å². The summed E-state index contributed by atoms with van der Waals surface area (Å²) in [5.41, 5.74) is 6.59. The highest BCUT2D eigenvalue weighted by molar-refractivity contribution is 6.42. The average Bonchev–Trinajstić information content (AvgIpc) is 2.73. The molecule has 90 valence electrons. The second-order valence-electron chi connectivity index (χ2n) is 3.82. The number of H-pyrrole nitrogens is 1. The molecule has 17 heavy (non-hydrogen) atoms. The van der Waals surface area contributed by atoms with Crippen LogP contribution in [-0.2, 0) is 6.42 Å². The third-order valence-electron chi connectivity index (χ3n) is 2.35. The minimum Gasteiger partial charge on any atom is -0.321 e. The van der Waals surface area contributed by atoms with E-state index in [0.29, 0.717) is 22.3 Å². The Labute approximate surface area is 109 Å². The van der Waals surface area contributed by atoms with Gasteiger partial charge in [-0.05, 0) is 18.6 Å². The maximum atomic E-state index is 6.09. The van der Waals surface area contributed by atoms with Crippen LogP contribution in [0.1, 0.15) is 30.2 Å². The van der Waals surface area contributed by atoms with Crippen LogP contribution in [0.3, 0.4) is 0 Å². The van der Waals surface area contributed by atoms with Crippen LogP contribution in [0.2, 0.25) is 10.0 Å². The van der Waals surface area contributed by atoms with Gasteiger partial charge in [0.2, 0.25) is 0 Å². The van der Waals surface area contributed by atoms with Crippen LogP contribution < -0.4 is 5.73 Å². The summed E-state index contributed by atoms with van der Waals surface area (Å²) in [7, 11) is 0. The lowest BCUT2D eigenvalue weighted by molar-refractivity contribution is 0.744. The molecule has 2 aromatic rings. The molecule has 0 saturated carbocycles. The maximum Gasteiger partial charge on any atom is 0.167 e. The summed E-state index contributed by atoms with van der Waals surface area (Å²) in [5, 5.41) is 7.95. The fourth-order valence-corrected chi connectivity index (χ4v) is 1.85. The van der Waals surface area contributed by atoms with Crippen molar-refractivity contribution in [2.24, 2.45) is 5.73 Å². The molecule has 1 atom stereocenters. The Morgan fingerprint density at radius 3 is 2.82 bits per heavy atom. The van der Waals surface area contributed by atoms with Gasteiger partial charge in [-0.3, -0.25) is 5.10 Å². The molecule has 0 amide bonds. The van der Waals surface area contributed by atoms with E-state index in [1.807, 2.05) is 19.1 Å². The van der Waals surface area contributed by atoms with Gasteiger partial charge in [0.05, 0.1) is 16.1 Å². The van der Waals surface area contributed by atoms with Gasteiger partial charge in [-0.1, -0.05) is 35.3 Å². The van der Waals surface area contributed by atoms with Gasteiger partial charge in [-0.15, -0.1) is 0 Å². The van der Waals surface area contributed by atoms with Gasteiger partial charge in [-0.2, -0.15) is 5.10 Å². The fourth-order valence-electron chi connectivity index (χ4n) is 1.46. The van der Waals surface area contributed by atoms with Crippen molar-refractivity contribution in [1.29, 1.82) is 0 Å². The smallest absolute Gasteiger partial charge is 0.167 e. The topological polar surface area (TPSA) is 67.6 Å². The zero-order chi connectivity index (χ0) is 12.4. The van der Waals surface area contributed by atoms with Crippen molar-refractivity contribution < 1.29 is 0 Å². The zero-order valence-electron chi connectivity index (χ0n) is 9.24. The van der Waals surface area contributed by atoms with E-state index in [2.05, 4.69) is 15.2 Å². The predicted octanol–water partition coefficient (Wildman–Crippen LogP) is 2.72. The molecule has 0 radical (unpaired) electrons. The lowest BCUT2D eigenvalue weighted by atomic mass is 10.1. The van der Waals surface area contributed by atoms with Crippen LogP contribution in [-0.4, -0.2) is 15.2 Å². The number of aromatic amines is 1. The van der Waals surface area contributed by atoms with Crippen molar-refractivity contribution in [3.05, 3.63) is 45.5 Å². The van der Waals surface area contributed by atoms with Gasteiger partial charge in [0.1, 0.15) is 5.82 Å². The maximum absolute atomic E-state index is 6.09. The number of nitrogens with zero attached hydrogens (tertiary/aromatic N) is 2. The van der Waals surface area contributed by atoms with Crippen LogP contribution in [0.25, 0.3) is 0 Å². The second-order valence-corrected chi connectivity index (χ2v) is 4.60. The molecule has 1 unspecified atom stereocenters. The SMILES string of the molecule is CC(N)c1n[nH]c(Cc2cccc(Cl)c2Cl)n1. The Hall–Kier alpha value is -1.10. The normalized spacial score (nSPS) is 12.7. The third kappa shape index (κ3) is 2.77. The summed E-state index contributed by atoms with van der Waals surface area (Å²) in [6.45, 7) is 1.83. The molecular weight excluding hydrogens is 259 g/mol. The van der Waals surface area contributed by atoms with E-state index in [4.69, 9.17) is 28.9 Å². The number of hydrogen-bond donors (Lipinski definition) is 2. The van der Waals surface area contributed by atoms with E-state index in [1.54, 1.807) is 6.07 Å². The summed E-state index contributed by atoms with van der Waals surface area (Å²) >= 11 is 12.0. The number of hydrogen-bond acceptors (Lipinski definition) is 3. The largest absolute Gasteiger partial charge is 0.321 e. The number of nitrogens with one attached hydrogen (secondary N) is 1. The highest BCUT2D eigenvalue weighted by atomic mass is 35.5. The van der Waals surface area contributed by atoms with E-state index < -0.39 is 0 Å².